The molecule has 21 N–H and O–H groups in total. The normalized spacial score (nSPS) is 20.5. The Kier molecular flexibility index (Phi) is 51.7. The third-order valence-electron chi connectivity index (χ3n) is 21.6. The van der Waals surface area contributed by atoms with Crippen molar-refractivity contribution in [1.29, 1.82) is 0 Å². The highest BCUT2D eigenvalue weighted by Gasteiger charge is 2.39. The second kappa shape index (κ2) is 60.7. The Hall–Kier alpha value is -12.8. The van der Waals surface area contributed by atoms with Crippen LogP contribution >= 0.6 is 34.2 Å². The number of thiol groups is 1. The number of carbonyl (C=O) groups is 22. The van der Waals surface area contributed by atoms with Gasteiger partial charge in [-0.05, 0) is 103 Å². The maximum Gasteiger partial charge on any atom is 0.245 e. The molecule has 5 rings (SSSR count). The minimum atomic E-state index is -1.70. The van der Waals surface area contributed by atoms with Gasteiger partial charge in [0.05, 0.1) is 32.3 Å². The number of amides is 17. The number of primary amides is 1. The van der Waals surface area contributed by atoms with Crippen molar-refractivity contribution in [2.75, 3.05) is 50.5 Å². The summed E-state index contributed by atoms with van der Waals surface area (Å²) in [5.41, 5.74) is 16.0. The number of rotatable bonds is 36. The summed E-state index contributed by atoms with van der Waals surface area (Å²) in [6.45, 7) is 15.4. The Bertz CT molecular complexity index is 4920. The summed E-state index contributed by atoms with van der Waals surface area (Å²) in [6, 6.07) is 12.4. The molecule has 0 radical (unpaired) electrons. The van der Waals surface area contributed by atoms with Crippen LogP contribution in [-0.4, -0.2) is 264 Å². The van der Waals surface area contributed by atoms with Crippen LogP contribution in [0.1, 0.15) is 153 Å². The van der Waals surface area contributed by atoms with Gasteiger partial charge in [0.1, 0.15) is 95.6 Å². The van der Waals surface area contributed by atoms with Crippen molar-refractivity contribution >= 4 is 164 Å². The molecule has 0 saturated carbocycles. The second-order valence-corrected chi connectivity index (χ2v) is 37.1. The fraction of sp³-hybridized carbons (Fsp3) is 0.511. The van der Waals surface area contributed by atoms with Gasteiger partial charge in [-0.15, -0.1) is 0 Å². The van der Waals surface area contributed by atoms with Gasteiger partial charge in [-0.2, -0.15) is 12.6 Å². The number of Topliss-reactive ketones (excluding diaryl/α,β-unsaturated/α-hetero) is 5. The lowest BCUT2D eigenvalue weighted by Crippen LogP contribution is -2.60. The van der Waals surface area contributed by atoms with Crippen LogP contribution in [0.3, 0.4) is 0 Å². The number of carbonyl (C=O) groups excluding carboxylic acids is 22. The number of nitrogens with one attached hydrogen (secondary N) is 16. The molecule has 138 heavy (non-hydrogen) atoms. The van der Waals surface area contributed by atoms with Crippen molar-refractivity contribution < 1.29 is 111 Å². The van der Waals surface area contributed by atoms with Crippen molar-refractivity contribution in [3.63, 3.8) is 0 Å². The molecule has 754 valence electrons. The van der Waals surface area contributed by atoms with Crippen molar-refractivity contribution in [2.45, 2.75) is 239 Å². The molecular weight excluding hydrogens is 1850 g/mol. The zero-order valence-corrected chi connectivity index (χ0v) is 82.4. The zero-order valence-electron chi connectivity index (χ0n) is 79.8. The van der Waals surface area contributed by atoms with Gasteiger partial charge in [0.15, 0.2) is 5.78 Å². The average molecular weight is 1980 g/mol. The van der Waals surface area contributed by atoms with Gasteiger partial charge in [-0.1, -0.05) is 169 Å². The highest BCUT2D eigenvalue weighted by Crippen LogP contribution is 2.26. The quantitative estimate of drug-likeness (QED) is 0.0171. The first kappa shape index (κ1) is 117. The number of hydrogen-bond acceptors (Lipinski definition) is 27. The van der Waals surface area contributed by atoms with Crippen LogP contribution in [0.25, 0.3) is 0 Å². The summed E-state index contributed by atoms with van der Waals surface area (Å²) in [5.74, 6) is -19.4. The van der Waals surface area contributed by atoms with Crippen LogP contribution in [0.15, 0.2) is 103 Å². The molecule has 1 aliphatic rings. The molecular formula is C94H132N18O23S3. The third kappa shape index (κ3) is 43.7. The van der Waals surface area contributed by atoms with Gasteiger partial charge in [0, 0.05) is 93.9 Å². The van der Waals surface area contributed by atoms with Crippen molar-refractivity contribution in [1.82, 2.24) is 85.1 Å². The van der Waals surface area contributed by atoms with E-state index < -0.39 is 260 Å². The van der Waals surface area contributed by atoms with Crippen LogP contribution in [0.4, 0.5) is 0 Å². The number of hydrogen-bond donors (Lipinski definition) is 20. The summed E-state index contributed by atoms with van der Waals surface area (Å²) >= 11 is 4.02. The van der Waals surface area contributed by atoms with E-state index in [1.807, 2.05) is 26.8 Å². The Morgan fingerprint density at radius 2 is 0.862 bits per heavy atom. The molecule has 4 aromatic carbocycles. The van der Waals surface area contributed by atoms with Crippen LogP contribution in [-0.2, 0) is 131 Å². The number of benzene rings is 4. The van der Waals surface area contributed by atoms with E-state index in [2.05, 4.69) is 97.7 Å². The molecule has 4 aromatic rings. The van der Waals surface area contributed by atoms with Crippen LogP contribution < -0.4 is 96.5 Å². The molecule has 1 aliphatic heterocycles. The van der Waals surface area contributed by atoms with Crippen LogP contribution in [0.2, 0.25) is 0 Å². The highest BCUT2D eigenvalue weighted by atomic mass is 33.1. The smallest absolute Gasteiger partial charge is 0.245 e. The molecule has 0 aromatic heterocycles. The maximum absolute atomic E-state index is 14.7. The van der Waals surface area contributed by atoms with E-state index in [-0.39, 0.29) is 86.6 Å². The fourth-order valence-electron chi connectivity index (χ4n) is 13.4. The molecule has 0 aliphatic carbocycles. The Labute approximate surface area is 815 Å². The molecule has 1 heterocycles. The SMILES string of the molecule is CC[C@@H]1NC(=O)[C@H](Cc2ccc(C)cc2)NC(=O)[C@H](Cc2ccc(C)cc2)NC(=O)[C@H](CO)NC(=O)[C@@H](C)CSSC[C@@H](C(=O)NCC(=O)N[C@@H](CS)C(N)=O)NC(=O)[C@H](CC(C)=O)NC(=O)[C@H](Cc2ccc(C)cc2)NC(=O)[C@H](C(C)C)CC(=O)CNC(=O)[C@H](CC(C)=O)NC1=O.CNC(=O)[C@H](Cc1ccccc1)NC(=O)[C@H](CCC(C)=O)NC(=O)CNC(=O)[C@H](CCC(C)=O)NC(=O)[C@H](C)N. The van der Waals surface area contributed by atoms with E-state index in [1.54, 1.807) is 118 Å². The zero-order chi connectivity index (χ0) is 103. The lowest BCUT2D eigenvalue weighted by molar-refractivity contribution is -0.136. The predicted octanol–water partition coefficient (Wildman–Crippen LogP) is -2.10. The topological polar surface area (TPSA) is 640 Å². The van der Waals surface area contributed by atoms with Gasteiger partial charge in [0.2, 0.25) is 100 Å². The lowest BCUT2D eigenvalue weighted by atomic mass is 9.89. The monoisotopic (exact) mass is 1980 g/mol. The molecule has 1 saturated heterocycles. The first-order valence-corrected chi connectivity index (χ1v) is 48.1. The molecule has 0 bridgehead atoms. The Morgan fingerprint density at radius 1 is 0.457 bits per heavy atom. The van der Waals surface area contributed by atoms with Gasteiger partial charge < -0.3 is 111 Å². The lowest BCUT2D eigenvalue weighted by Gasteiger charge is -2.27. The van der Waals surface area contributed by atoms with Crippen molar-refractivity contribution in [3.8, 4) is 0 Å². The van der Waals surface area contributed by atoms with Crippen molar-refractivity contribution in [2.24, 2.45) is 29.2 Å². The summed E-state index contributed by atoms with van der Waals surface area (Å²) in [4.78, 5) is 292. The van der Waals surface area contributed by atoms with E-state index >= 15 is 0 Å². The van der Waals surface area contributed by atoms with Gasteiger partial charge >= 0.3 is 0 Å². The summed E-state index contributed by atoms with van der Waals surface area (Å²) in [6.07, 6.45) is -2.05. The molecule has 17 amide bonds. The van der Waals surface area contributed by atoms with E-state index in [0.717, 1.165) is 50.8 Å². The van der Waals surface area contributed by atoms with E-state index in [9.17, 15) is 111 Å². The van der Waals surface area contributed by atoms with E-state index in [0.29, 0.717) is 16.7 Å². The summed E-state index contributed by atoms with van der Waals surface area (Å²) in [7, 11) is 3.44. The Balaban J connectivity index is 0.000000827. The molecule has 0 spiro atoms. The number of ketones is 5. The fourth-order valence-corrected chi connectivity index (χ4v) is 16.2. The highest BCUT2D eigenvalue weighted by molar-refractivity contribution is 8.76. The molecule has 44 heteroatoms. The minimum absolute atomic E-state index is 0.00713. The summed E-state index contributed by atoms with van der Waals surface area (Å²) < 4.78 is 0. The molecule has 0 unspecified atom stereocenters. The van der Waals surface area contributed by atoms with Crippen LogP contribution in [0.5, 0.6) is 0 Å². The first-order chi connectivity index (χ1) is 65.1. The van der Waals surface area contributed by atoms with E-state index in [4.69, 9.17) is 11.5 Å². The molecule has 41 nitrogen and oxygen atoms in total. The first-order valence-electron chi connectivity index (χ1n) is 45.0. The molecule has 1 fully saturated rings. The number of nitrogens with two attached hydrogens (primary N) is 2. The second-order valence-electron chi connectivity index (χ2n) is 34.2. The number of aliphatic hydroxyl groups is 1. The largest absolute Gasteiger partial charge is 0.394 e. The van der Waals surface area contributed by atoms with Gasteiger partial charge in [0.25, 0.3) is 0 Å². The summed E-state index contributed by atoms with van der Waals surface area (Å²) in [5, 5.41) is 50.9. The van der Waals surface area contributed by atoms with E-state index in [1.165, 1.54) is 41.7 Å². The third-order valence-corrected chi connectivity index (χ3v) is 24.5. The average Bonchev–Trinajstić information content (AvgIpc) is 0.842. The maximum atomic E-state index is 14.7. The van der Waals surface area contributed by atoms with Crippen LogP contribution in [0, 0.1) is 38.5 Å². The predicted molar refractivity (Wildman–Crippen MR) is 518 cm³/mol. The molecule has 15 atom stereocenters. The number of aliphatic hydroxyl groups excluding tert-OH is 1. The minimum Gasteiger partial charge on any atom is -0.394 e. The van der Waals surface area contributed by atoms with Gasteiger partial charge in [-0.3, -0.25) is 95.9 Å². The number of aryl methyl sites for hydroxylation is 3. The Morgan fingerprint density at radius 3 is 1.30 bits per heavy atom. The standard InChI is InChI=1S/C67H92N12O16S3.C27H40N6O7/c1-10-47-62(90)74-48(23-40(8)81)60(88)69-29-45(83)28-46(35(2)3)59(87)73-50(25-42-17-11-36(4)12-18-42)65(93)75-49(24-41(9)82)63(91)79-55(61(89)70-30-56(84)71-54(32-96)57(68)85)34-98-97-33-39(7)58(86)78-53(31-80)67(95)77-52(27-44-21-15-38(6)16-22-44)66(94)76-51(64(92)72-47)26-43-19-13-37(5)14-20-43;1-16(34)10-12-20(32-24(37)18(3)28)26(39)30-15-23(36)31-21(13-11-17(2)35)27(40)33-22(25(38)29-4)14-19-8-6-5-7-9-19/h11-22,35,39,46-55,80,96H,10,23-34H2,1-9H3,(H2,68,85)(H,69,88)(H,70,89)(H,71,84)(H,72,92)(H,73,87)(H,74,90)(H,75,93)(H,76,94)(H,77,95)(H,78,86)(H,79,91);5-9,18,20-22H,10-15,28H2,1-4H3,(H,29,38)(H,30,39)(H,31,36)(H,32,37)(H,33,40)/t39-,46-,47-,48-,49-,50-,51-,52-,53-,54-,55-;18-,20-,21-,22-/m00/s1. The van der Waals surface area contributed by atoms with Gasteiger partial charge in [-0.25, -0.2) is 0 Å². The van der Waals surface area contributed by atoms with Crippen molar-refractivity contribution in [3.05, 3.63) is 142 Å². The number of likely N-dealkylation sites (N-methyl/N-ethyl adjacent to an activating group) is 1.